The third kappa shape index (κ3) is 1.19. The van der Waals surface area contributed by atoms with Crippen molar-refractivity contribution in [2.24, 2.45) is 0 Å². The van der Waals surface area contributed by atoms with Crippen LogP contribution in [-0.4, -0.2) is 16.6 Å². The van der Waals surface area contributed by atoms with E-state index in [1.54, 1.807) is 17.7 Å². The quantitative estimate of drug-likeness (QED) is 0.776. The maximum atomic E-state index is 5.75. The Morgan fingerprint density at radius 1 is 1.57 bits per heavy atom. The van der Waals surface area contributed by atoms with Gasteiger partial charge in [-0.3, -0.25) is 0 Å². The lowest BCUT2D eigenvalue weighted by Gasteiger charge is -2.21. The van der Waals surface area contributed by atoms with E-state index in [2.05, 4.69) is 21.4 Å². The molecular weight excluding hydrogens is 196 g/mol. The van der Waals surface area contributed by atoms with Crippen molar-refractivity contribution in [1.82, 2.24) is 9.97 Å². The summed E-state index contributed by atoms with van der Waals surface area (Å²) in [5.41, 5.74) is 2.47. The van der Waals surface area contributed by atoms with E-state index in [-0.39, 0.29) is 6.10 Å². The highest BCUT2D eigenvalue weighted by molar-refractivity contribution is 7.10. The maximum Gasteiger partial charge on any atom is 0.133 e. The predicted molar refractivity (Wildman–Crippen MR) is 54.4 cm³/mol. The molecule has 1 aliphatic heterocycles. The van der Waals surface area contributed by atoms with Gasteiger partial charge in [-0.1, -0.05) is 0 Å². The van der Waals surface area contributed by atoms with Crippen molar-refractivity contribution >= 4 is 11.3 Å². The van der Waals surface area contributed by atoms with Gasteiger partial charge < -0.3 is 9.72 Å². The fourth-order valence-electron chi connectivity index (χ4n) is 1.79. The molecule has 72 valence electrons. The number of imidazole rings is 1. The maximum absolute atomic E-state index is 5.75. The molecule has 3 heterocycles. The number of aromatic amines is 1. The number of rotatable bonds is 1. The zero-order chi connectivity index (χ0) is 9.38. The normalized spacial score (nSPS) is 20.7. The van der Waals surface area contributed by atoms with Crippen LogP contribution in [0.3, 0.4) is 0 Å². The van der Waals surface area contributed by atoms with Crippen molar-refractivity contribution in [3.8, 4) is 0 Å². The van der Waals surface area contributed by atoms with E-state index in [0.717, 1.165) is 18.7 Å². The van der Waals surface area contributed by atoms with Crippen LogP contribution in [0, 0.1) is 0 Å². The first kappa shape index (κ1) is 8.20. The first-order valence-electron chi connectivity index (χ1n) is 4.61. The molecule has 0 fully saturated rings. The minimum absolute atomic E-state index is 0.0706. The Balaban J connectivity index is 2.04. The summed E-state index contributed by atoms with van der Waals surface area (Å²) in [6, 6.07) is 2.19. The van der Waals surface area contributed by atoms with Crippen LogP contribution < -0.4 is 0 Å². The number of H-pyrrole nitrogens is 1. The van der Waals surface area contributed by atoms with Gasteiger partial charge in [0, 0.05) is 4.88 Å². The van der Waals surface area contributed by atoms with Gasteiger partial charge in [0.1, 0.15) is 6.10 Å². The fourth-order valence-corrected chi connectivity index (χ4v) is 2.81. The zero-order valence-electron chi connectivity index (χ0n) is 7.56. The third-order valence-corrected chi connectivity index (χ3v) is 3.48. The summed E-state index contributed by atoms with van der Waals surface area (Å²) in [5.74, 6) is 0. The molecule has 1 aliphatic rings. The van der Waals surface area contributed by atoms with Crippen molar-refractivity contribution in [3.63, 3.8) is 0 Å². The average Bonchev–Trinajstić information content (AvgIpc) is 2.88. The monoisotopic (exact) mass is 206 g/mol. The van der Waals surface area contributed by atoms with Crippen molar-refractivity contribution in [1.29, 1.82) is 0 Å². The second-order valence-corrected chi connectivity index (χ2v) is 4.27. The van der Waals surface area contributed by atoms with Crippen LogP contribution in [-0.2, 0) is 11.2 Å². The number of hydrogen-bond donors (Lipinski definition) is 1. The molecule has 2 aromatic rings. The van der Waals surface area contributed by atoms with E-state index in [1.165, 1.54) is 10.4 Å². The molecule has 0 amide bonds. The molecule has 3 rings (SSSR count). The van der Waals surface area contributed by atoms with Gasteiger partial charge in [-0.05, 0) is 23.4 Å². The number of hydrogen-bond acceptors (Lipinski definition) is 3. The molecule has 0 saturated heterocycles. The third-order valence-electron chi connectivity index (χ3n) is 2.48. The van der Waals surface area contributed by atoms with Gasteiger partial charge in [-0.15, -0.1) is 11.3 Å². The van der Waals surface area contributed by atoms with Gasteiger partial charge in [-0.25, -0.2) is 4.98 Å². The van der Waals surface area contributed by atoms with E-state index in [1.807, 2.05) is 6.20 Å². The van der Waals surface area contributed by atoms with Crippen LogP contribution in [0.4, 0.5) is 0 Å². The molecule has 14 heavy (non-hydrogen) atoms. The van der Waals surface area contributed by atoms with Gasteiger partial charge in [0.25, 0.3) is 0 Å². The van der Waals surface area contributed by atoms with Crippen molar-refractivity contribution in [2.45, 2.75) is 12.5 Å². The highest BCUT2D eigenvalue weighted by Gasteiger charge is 2.24. The Bertz CT molecular complexity index is 421. The molecule has 0 radical (unpaired) electrons. The second kappa shape index (κ2) is 3.22. The molecule has 2 aromatic heterocycles. The number of aromatic nitrogens is 2. The van der Waals surface area contributed by atoms with E-state index in [0.29, 0.717) is 0 Å². The summed E-state index contributed by atoms with van der Waals surface area (Å²) in [6.45, 7) is 0.799. The Morgan fingerprint density at radius 2 is 2.57 bits per heavy atom. The molecule has 0 aromatic carbocycles. The van der Waals surface area contributed by atoms with Crippen molar-refractivity contribution in [2.75, 3.05) is 6.61 Å². The average molecular weight is 206 g/mol. The molecule has 1 atom stereocenters. The van der Waals surface area contributed by atoms with E-state index in [9.17, 15) is 0 Å². The van der Waals surface area contributed by atoms with Gasteiger partial charge in [0.15, 0.2) is 0 Å². The Kier molecular flexibility index (Phi) is 1.89. The SMILES string of the molecule is c1ncc([C@H]2OCCc3ccsc32)[nH]1. The standard InChI is InChI=1S/C10H10N2OS/c1-3-13-9(8-5-11-6-12-8)10-7(1)2-4-14-10/h2,4-6,9H,1,3H2,(H,11,12)/t9-/m1/s1. The van der Waals surface area contributed by atoms with Crippen LogP contribution in [0.5, 0.6) is 0 Å². The Labute approximate surface area is 85.8 Å². The number of nitrogens with one attached hydrogen (secondary N) is 1. The van der Waals surface area contributed by atoms with Crippen LogP contribution in [0.1, 0.15) is 22.2 Å². The van der Waals surface area contributed by atoms with Crippen LogP contribution in [0.15, 0.2) is 24.0 Å². The van der Waals surface area contributed by atoms with Crippen molar-refractivity contribution < 1.29 is 4.74 Å². The summed E-state index contributed by atoms with van der Waals surface area (Å²) in [5, 5.41) is 2.13. The van der Waals surface area contributed by atoms with Crippen LogP contribution in [0.25, 0.3) is 0 Å². The topological polar surface area (TPSA) is 37.9 Å². The van der Waals surface area contributed by atoms with Gasteiger partial charge in [0.2, 0.25) is 0 Å². The summed E-state index contributed by atoms with van der Waals surface area (Å²) in [6.07, 6.45) is 4.63. The second-order valence-electron chi connectivity index (χ2n) is 3.32. The zero-order valence-corrected chi connectivity index (χ0v) is 8.38. The van der Waals surface area contributed by atoms with Crippen LogP contribution >= 0.6 is 11.3 Å². The number of ether oxygens (including phenoxy) is 1. The lowest BCUT2D eigenvalue weighted by Crippen LogP contribution is -2.15. The number of nitrogens with zero attached hydrogens (tertiary/aromatic N) is 1. The van der Waals surface area contributed by atoms with Gasteiger partial charge in [-0.2, -0.15) is 0 Å². The first-order chi connectivity index (χ1) is 6.95. The number of fused-ring (bicyclic) bond motifs is 1. The molecule has 0 spiro atoms. The minimum atomic E-state index is 0.0706. The highest BCUT2D eigenvalue weighted by atomic mass is 32.1. The summed E-state index contributed by atoms with van der Waals surface area (Å²) >= 11 is 1.76. The fraction of sp³-hybridized carbons (Fsp3) is 0.300. The van der Waals surface area contributed by atoms with E-state index < -0.39 is 0 Å². The Hall–Kier alpha value is -1.13. The molecule has 0 bridgehead atoms. The summed E-state index contributed by atoms with van der Waals surface area (Å²) < 4.78 is 5.75. The molecule has 0 saturated carbocycles. The van der Waals surface area contributed by atoms with E-state index >= 15 is 0 Å². The molecule has 4 heteroatoms. The smallest absolute Gasteiger partial charge is 0.133 e. The molecule has 0 aliphatic carbocycles. The van der Waals surface area contributed by atoms with E-state index in [4.69, 9.17) is 4.74 Å². The van der Waals surface area contributed by atoms with Gasteiger partial charge in [0.05, 0.1) is 24.8 Å². The lowest BCUT2D eigenvalue weighted by molar-refractivity contribution is 0.0704. The highest BCUT2D eigenvalue weighted by Crippen LogP contribution is 2.35. The van der Waals surface area contributed by atoms with Crippen molar-refractivity contribution in [3.05, 3.63) is 40.1 Å². The van der Waals surface area contributed by atoms with Crippen LogP contribution in [0.2, 0.25) is 0 Å². The Morgan fingerprint density at radius 3 is 3.43 bits per heavy atom. The summed E-state index contributed by atoms with van der Waals surface area (Å²) in [4.78, 5) is 8.45. The molecule has 1 N–H and O–H groups in total. The number of thiophene rings is 1. The molecule has 0 unspecified atom stereocenters. The molecule has 3 nitrogen and oxygen atoms in total. The lowest BCUT2D eigenvalue weighted by atomic mass is 10.1. The summed E-state index contributed by atoms with van der Waals surface area (Å²) in [7, 11) is 0. The largest absolute Gasteiger partial charge is 0.366 e. The predicted octanol–water partition coefficient (Wildman–Crippen LogP) is 2.13. The molecular formula is C10H10N2OS. The minimum Gasteiger partial charge on any atom is -0.366 e. The first-order valence-corrected chi connectivity index (χ1v) is 5.49. The van der Waals surface area contributed by atoms with Gasteiger partial charge >= 0.3 is 0 Å².